The van der Waals surface area contributed by atoms with E-state index in [1.807, 2.05) is 18.4 Å². The summed E-state index contributed by atoms with van der Waals surface area (Å²) < 4.78 is 5.55. The zero-order valence-corrected chi connectivity index (χ0v) is 19.2. The first-order valence-electron chi connectivity index (χ1n) is 11.2. The van der Waals surface area contributed by atoms with Gasteiger partial charge in [0.1, 0.15) is 0 Å². The molecule has 0 bridgehead atoms. The number of ether oxygens (including phenoxy) is 1. The smallest absolute Gasteiger partial charge is 0.191 e. The van der Waals surface area contributed by atoms with Crippen LogP contribution in [0, 0.1) is 5.92 Å². The van der Waals surface area contributed by atoms with Crippen LogP contribution >= 0.6 is 11.3 Å². The van der Waals surface area contributed by atoms with Crippen molar-refractivity contribution in [3.8, 4) is 0 Å². The third-order valence-corrected chi connectivity index (χ3v) is 6.92. The summed E-state index contributed by atoms with van der Waals surface area (Å²) in [6, 6.07) is 5.38. The van der Waals surface area contributed by atoms with E-state index in [1.54, 1.807) is 0 Å². The average molecular weight is 422 g/mol. The molecule has 1 aromatic rings. The van der Waals surface area contributed by atoms with Gasteiger partial charge in [-0.05, 0) is 49.7 Å². The quantitative estimate of drug-likeness (QED) is 0.474. The maximum absolute atomic E-state index is 5.55. The highest BCUT2D eigenvalue weighted by molar-refractivity contribution is 7.10. The summed E-state index contributed by atoms with van der Waals surface area (Å²) in [6.07, 6.45) is 3.81. The minimum absolute atomic E-state index is 0.432. The molecule has 2 fully saturated rings. The van der Waals surface area contributed by atoms with Crippen molar-refractivity contribution in [1.82, 2.24) is 20.4 Å². The van der Waals surface area contributed by atoms with Crippen LogP contribution in [-0.2, 0) is 4.74 Å². The summed E-state index contributed by atoms with van der Waals surface area (Å²) in [5.41, 5.74) is 0. The molecule has 2 aliphatic heterocycles. The van der Waals surface area contributed by atoms with E-state index >= 15 is 0 Å². The molecule has 0 aromatic carbocycles. The number of likely N-dealkylation sites (tertiary alicyclic amines) is 1. The van der Waals surface area contributed by atoms with Crippen molar-refractivity contribution in [3.05, 3.63) is 22.4 Å². The summed E-state index contributed by atoms with van der Waals surface area (Å²) in [7, 11) is 1.87. The molecular formula is C22H39N5OS. The molecule has 3 rings (SSSR count). The average Bonchev–Trinajstić information content (AvgIpc) is 3.44. The standard InChI is InChI=1S/C22H39N5OS/c1-18(2)15-19(26-10-12-28-13-11-26)16-24-22(23-3)25-17-20(21-7-6-14-29-21)27-8-4-5-9-27/h6-7,14,18-20H,4-5,8-13,15-17H2,1-3H3,(H2,23,24,25). The van der Waals surface area contributed by atoms with E-state index in [-0.39, 0.29) is 0 Å². The van der Waals surface area contributed by atoms with Crippen molar-refractivity contribution >= 4 is 17.3 Å². The summed E-state index contributed by atoms with van der Waals surface area (Å²) in [5.74, 6) is 1.59. The van der Waals surface area contributed by atoms with Gasteiger partial charge in [0.2, 0.25) is 0 Å². The summed E-state index contributed by atoms with van der Waals surface area (Å²) >= 11 is 1.86. The van der Waals surface area contributed by atoms with Crippen molar-refractivity contribution in [1.29, 1.82) is 0 Å². The van der Waals surface area contributed by atoms with Gasteiger partial charge in [-0.3, -0.25) is 14.8 Å². The molecule has 1 aromatic heterocycles. The molecule has 0 spiro atoms. The van der Waals surface area contributed by atoms with Gasteiger partial charge >= 0.3 is 0 Å². The third-order valence-electron chi connectivity index (χ3n) is 5.95. The van der Waals surface area contributed by atoms with Crippen molar-refractivity contribution in [2.45, 2.75) is 45.2 Å². The maximum atomic E-state index is 5.55. The summed E-state index contributed by atoms with van der Waals surface area (Å²) in [6.45, 7) is 12.6. The van der Waals surface area contributed by atoms with Crippen LogP contribution in [0.5, 0.6) is 0 Å². The number of rotatable bonds is 9. The lowest BCUT2D eigenvalue weighted by Crippen LogP contribution is -2.51. The first-order chi connectivity index (χ1) is 14.2. The molecule has 0 amide bonds. The highest BCUT2D eigenvalue weighted by Crippen LogP contribution is 2.27. The topological polar surface area (TPSA) is 52.1 Å². The molecule has 0 saturated carbocycles. The SMILES string of the molecule is CN=C(NCC(CC(C)C)N1CCOCC1)NCC(c1cccs1)N1CCCC1. The third kappa shape index (κ3) is 6.95. The Balaban J connectivity index is 1.54. The highest BCUT2D eigenvalue weighted by Gasteiger charge is 2.25. The van der Waals surface area contributed by atoms with E-state index in [4.69, 9.17) is 4.74 Å². The molecule has 2 unspecified atom stereocenters. The molecule has 3 heterocycles. The van der Waals surface area contributed by atoms with Gasteiger partial charge in [0.05, 0.1) is 19.3 Å². The monoisotopic (exact) mass is 421 g/mol. The van der Waals surface area contributed by atoms with Crippen LogP contribution in [-0.4, -0.2) is 81.3 Å². The van der Waals surface area contributed by atoms with Gasteiger partial charge in [-0.15, -0.1) is 11.3 Å². The Morgan fingerprint density at radius 1 is 1.10 bits per heavy atom. The lowest BCUT2D eigenvalue weighted by Gasteiger charge is -2.36. The Hall–Kier alpha value is -1.15. The first kappa shape index (κ1) is 22.5. The van der Waals surface area contributed by atoms with Gasteiger partial charge < -0.3 is 15.4 Å². The molecule has 0 radical (unpaired) electrons. The predicted octanol–water partition coefficient (Wildman–Crippen LogP) is 2.80. The van der Waals surface area contributed by atoms with Crippen LogP contribution in [0.25, 0.3) is 0 Å². The summed E-state index contributed by atoms with van der Waals surface area (Å²) in [4.78, 5) is 11.1. The van der Waals surface area contributed by atoms with Gasteiger partial charge in [0.15, 0.2) is 5.96 Å². The van der Waals surface area contributed by atoms with Crippen LogP contribution in [0.4, 0.5) is 0 Å². The largest absolute Gasteiger partial charge is 0.379 e. The van der Waals surface area contributed by atoms with Gasteiger partial charge in [-0.1, -0.05) is 19.9 Å². The molecular weight excluding hydrogens is 382 g/mol. The van der Waals surface area contributed by atoms with E-state index in [1.165, 1.54) is 37.2 Å². The lowest BCUT2D eigenvalue weighted by molar-refractivity contribution is 0.0132. The lowest BCUT2D eigenvalue weighted by atomic mass is 10.0. The van der Waals surface area contributed by atoms with Gasteiger partial charge in [-0.25, -0.2) is 0 Å². The van der Waals surface area contributed by atoms with E-state index in [2.05, 4.69) is 56.8 Å². The zero-order chi connectivity index (χ0) is 20.5. The summed E-state index contributed by atoms with van der Waals surface area (Å²) in [5, 5.41) is 9.40. The Morgan fingerprint density at radius 3 is 2.45 bits per heavy atom. The number of hydrogen-bond donors (Lipinski definition) is 2. The number of aliphatic imine (C=N–C) groups is 1. The van der Waals surface area contributed by atoms with Gasteiger partial charge in [0, 0.05) is 44.1 Å². The second-order valence-electron chi connectivity index (χ2n) is 8.54. The van der Waals surface area contributed by atoms with Crippen LogP contribution < -0.4 is 10.6 Å². The van der Waals surface area contributed by atoms with Crippen LogP contribution in [0.15, 0.2) is 22.5 Å². The van der Waals surface area contributed by atoms with E-state index in [0.29, 0.717) is 18.0 Å². The van der Waals surface area contributed by atoms with Crippen molar-refractivity contribution in [3.63, 3.8) is 0 Å². The predicted molar refractivity (Wildman–Crippen MR) is 123 cm³/mol. The minimum Gasteiger partial charge on any atom is -0.379 e. The van der Waals surface area contributed by atoms with Crippen molar-refractivity contribution in [2.24, 2.45) is 10.9 Å². The van der Waals surface area contributed by atoms with Gasteiger partial charge in [0.25, 0.3) is 0 Å². The molecule has 2 atom stereocenters. The molecule has 2 aliphatic rings. The Morgan fingerprint density at radius 2 is 1.83 bits per heavy atom. The number of hydrogen-bond acceptors (Lipinski definition) is 5. The zero-order valence-electron chi connectivity index (χ0n) is 18.4. The fourth-order valence-electron chi connectivity index (χ4n) is 4.42. The van der Waals surface area contributed by atoms with Crippen LogP contribution in [0.2, 0.25) is 0 Å². The van der Waals surface area contributed by atoms with E-state index in [9.17, 15) is 0 Å². The molecule has 164 valence electrons. The minimum atomic E-state index is 0.432. The highest BCUT2D eigenvalue weighted by atomic mass is 32.1. The first-order valence-corrected chi connectivity index (χ1v) is 12.1. The maximum Gasteiger partial charge on any atom is 0.191 e. The normalized spacial score (nSPS) is 21.4. The molecule has 2 N–H and O–H groups in total. The van der Waals surface area contributed by atoms with E-state index < -0.39 is 0 Å². The molecule has 6 nitrogen and oxygen atoms in total. The Kier molecular flexibility index (Phi) is 9.24. The van der Waals surface area contributed by atoms with Crippen LogP contribution in [0.3, 0.4) is 0 Å². The number of thiophene rings is 1. The molecule has 0 aliphatic carbocycles. The fraction of sp³-hybridized carbons (Fsp3) is 0.773. The number of guanidine groups is 1. The van der Waals surface area contributed by atoms with Crippen molar-refractivity contribution in [2.75, 3.05) is 59.5 Å². The molecule has 2 saturated heterocycles. The van der Waals surface area contributed by atoms with E-state index in [0.717, 1.165) is 45.4 Å². The second-order valence-corrected chi connectivity index (χ2v) is 9.52. The number of nitrogens with zero attached hydrogens (tertiary/aromatic N) is 3. The van der Waals surface area contributed by atoms with Crippen molar-refractivity contribution < 1.29 is 4.74 Å². The molecule has 7 heteroatoms. The number of nitrogens with one attached hydrogen (secondary N) is 2. The van der Waals surface area contributed by atoms with Crippen LogP contribution in [0.1, 0.15) is 44.0 Å². The Bertz CT molecular complexity index is 594. The van der Waals surface area contributed by atoms with Gasteiger partial charge in [-0.2, -0.15) is 0 Å². The fourth-order valence-corrected chi connectivity index (χ4v) is 5.28. The second kappa shape index (κ2) is 11.9. The number of morpholine rings is 1. The Labute approximate surface area is 180 Å². The molecule has 29 heavy (non-hydrogen) atoms.